The Morgan fingerprint density at radius 1 is 1.82 bits per heavy atom. The summed E-state index contributed by atoms with van der Waals surface area (Å²) in [4.78, 5) is 23.2. The first-order chi connectivity index (χ1) is 5.22. The molecule has 0 unspecified atom stereocenters. The highest BCUT2D eigenvalue weighted by molar-refractivity contribution is 7.98. The van der Waals surface area contributed by atoms with Gasteiger partial charge in [0.05, 0.1) is 0 Å². The highest BCUT2D eigenvalue weighted by atomic mass is 32.2. The third kappa shape index (κ3) is 4.58. The summed E-state index contributed by atoms with van der Waals surface area (Å²) in [6.45, 7) is 0. The maximum absolute atomic E-state index is 10.3. The van der Waals surface area contributed by atoms with Crippen LogP contribution in [-0.4, -0.2) is 35.2 Å². The summed E-state index contributed by atoms with van der Waals surface area (Å²) < 4.78 is 0. The number of carboxylic acid groups (broad SMARTS) is 1. The second kappa shape index (κ2) is 5.95. The van der Waals surface area contributed by atoms with E-state index in [0.29, 0.717) is 12.2 Å². The Kier molecular flexibility index (Phi) is 5.51. The number of hydrogen-bond donors (Lipinski definition) is 1. The Labute approximate surface area is 68.7 Å². The van der Waals surface area contributed by atoms with Gasteiger partial charge in [0.1, 0.15) is 0 Å². The molecule has 0 rings (SSSR count). The van der Waals surface area contributed by atoms with Crippen LogP contribution < -0.4 is 0 Å². The molecule has 0 saturated carbocycles. The Morgan fingerprint density at radius 3 is 2.82 bits per heavy atom. The van der Waals surface area contributed by atoms with Crippen molar-refractivity contribution < 1.29 is 14.7 Å². The van der Waals surface area contributed by atoms with Crippen LogP contribution >= 0.6 is 11.8 Å². The van der Waals surface area contributed by atoms with Crippen molar-refractivity contribution in [3.05, 3.63) is 0 Å². The van der Waals surface area contributed by atoms with Gasteiger partial charge in [-0.15, -0.1) is 0 Å². The van der Waals surface area contributed by atoms with Crippen LogP contribution in [0.3, 0.4) is 0 Å². The number of carbonyl (C=O) groups excluding carboxylic acids is 1. The number of aliphatic imine (C=N–C) groups is 1. The van der Waals surface area contributed by atoms with Gasteiger partial charge in [0.15, 0.2) is 6.04 Å². The predicted octanol–water partition coefficient (Wildman–Crippen LogP) is 0.528. The van der Waals surface area contributed by atoms with Gasteiger partial charge >= 0.3 is 5.97 Å². The average Bonchev–Trinajstić information content (AvgIpc) is 1.97. The molecule has 0 spiro atoms. The van der Waals surface area contributed by atoms with E-state index < -0.39 is 12.0 Å². The Bertz CT molecular complexity index is 175. The van der Waals surface area contributed by atoms with E-state index in [0.717, 1.165) is 0 Å². The fourth-order valence-electron chi connectivity index (χ4n) is 0.536. The largest absolute Gasteiger partial charge is 0.480 e. The van der Waals surface area contributed by atoms with E-state index in [2.05, 4.69) is 4.99 Å². The molecular weight excluding hydrogens is 166 g/mol. The van der Waals surface area contributed by atoms with Gasteiger partial charge in [-0.05, 0) is 18.4 Å². The molecule has 0 heterocycles. The van der Waals surface area contributed by atoms with Crippen molar-refractivity contribution in [1.82, 2.24) is 0 Å². The van der Waals surface area contributed by atoms with Crippen LogP contribution in [0.1, 0.15) is 6.42 Å². The van der Waals surface area contributed by atoms with Crippen LogP contribution in [0.15, 0.2) is 4.99 Å². The summed E-state index contributed by atoms with van der Waals surface area (Å²) in [5.74, 6) is -0.385. The lowest BCUT2D eigenvalue weighted by molar-refractivity contribution is -0.138. The Morgan fingerprint density at radius 2 is 2.45 bits per heavy atom. The average molecular weight is 175 g/mol. The third-order valence-electron chi connectivity index (χ3n) is 1.09. The lowest BCUT2D eigenvalue weighted by Gasteiger charge is -2.01. The molecule has 4 nitrogen and oxygen atoms in total. The molecule has 5 heteroatoms. The van der Waals surface area contributed by atoms with E-state index in [1.165, 1.54) is 17.8 Å². The summed E-state index contributed by atoms with van der Waals surface area (Å²) in [6, 6.07) is -0.917. The van der Waals surface area contributed by atoms with Gasteiger partial charge in [-0.3, -0.25) is 0 Å². The summed E-state index contributed by atoms with van der Waals surface area (Å²) in [5, 5.41) is 8.45. The molecule has 62 valence electrons. The normalized spacial score (nSPS) is 11.7. The van der Waals surface area contributed by atoms with Crippen molar-refractivity contribution in [3.63, 3.8) is 0 Å². The molecule has 0 amide bonds. The molecule has 0 aromatic carbocycles. The van der Waals surface area contributed by atoms with Crippen molar-refractivity contribution in [2.45, 2.75) is 12.5 Å². The molecule has 0 radical (unpaired) electrons. The lowest BCUT2D eigenvalue weighted by atomic mass is 10.2. The summed E-state index contributed by atoms with van der Waals surface area (Å²) in [5.41, 5.74) is 0. The van der Waals surface area contributed by atoms with Crippen LogP contribution in [-0.2, 0) is 9.59 Å². The van der Waals surface area contributed by atoms with E-state index >= 15 is 0 Å². The van der Waals surface area contributed by atoms with E-state index in [4.69, 9.17) is 5.11 Å². The second-order valence-electron chi connectivity index (χ2n) is 1.86. The second-order valence-corrected chi connectivity index (χ2v) is 2.84. The minimum atomic E-state index is -1.07. The quantitative estimate of drug-likeness (QED) is 0.489. The Balaban J connectivity index is 3.89. The maximum Gasteiger partial charge on any atom is 0.329 e. The van der Waals surface area contributed by atoms with Crippen molar-refractivity contribution in [3.8, 4) is 0 Å². The maximum atomic E-state index is 10.3. The third-order valence-corrected chi connectivity index (χ3v) is 1.73. The summed E-state index contributed by atoms with van der Waals surface area (Å²) >= 11 is 1.52. The summed E-state index contributed by atoms with van der Waals surface area (Å²) in [7, 11) is 0. The van der Waals surface area contributed by atoms with Crippen molar-refractivity contribution in [2.75, 3.05) is 12.0 Å². The number of isocyanates is 1. The number of thioether (sulfide) groups is 1. The number of carbonyl (C=O) groups is 1. The molecular formula is C6H9NO3S. The van der Waals surface area contributed by atoms with Crippen LogP contribution in [0.25, 0.3) is 0 Å². The monoisotopic (exact) mass is 175 g/mol. The zero-order chi connectivity index (χ0) is 8.69. The lowest BCUT2D eigenvalue weighted by Crippen LogP contribution is -2.18. The number of aliphatic carboxylic acids is 1. The minimum absolute atomic E-state index is 0.381. The van der Waals surface area contributed by atoms with Crippen LogP contribution in [0.4, 0.5) is 0 Å². The Hall–Kier alpha value is -0.800. The van der Waals surface area contributed by atoms with Gasteiger partial charge in [-0.1, -0.05) is 0 Å². The molecule has 0 aromatic rings. The van der Waals surface area contributed by atoms with Gasteiger partial charge < -0.3 is 5.11 Å². The van der Waals surface area contributed by atoms with Crippen LogP contribution in [0, 0.1) is 0 Å². The fourth-order valence-corrected chi connectivity index (χ4v) is 0.995. The number of carboxylic acids is 1. The van der Waals surface area contributed by atoms with E-state index in [1.807, 2.05) is 6.26 Å². The van der Waals surface area contributed by atoms with Gasteiger partial charge in [-0.2, -0.15) is 16.8 Å². The van der Waals surface area contributed by atoms with Gasteiger partial charge in [0, 0.05) is 0 Å². The molecule has 1 N–H and O–H groups in total. The highest BCUT2D eigenvalue weighted by Gasteiger charge is 2.14. The topological polar surface area (TPSA) is 66.7 Å². The fraction of sp³-hybridized carbons (Fsp3) is 0.667. The molecule has 0 aliphatic carbocycles. The molecule has 1 atom stereocenters. The first-order valence-corrected chi connectivity index (χ1v) is 4.40. The molecule has 0 fully saturated rings. The molecule has 0 bridgehead atoms. The standard InChI is InChI=1S/C6H9NO3S/c1-11-3-2-5(6(9)10)7-4-8/h5H,2-3H2,1H3,(H,9,10)/t5-/m1/s1. The number of hydrogen-bond acceptors (Lipinski definition) is 4. The number of nitrogens with zero attached hydrogens (tertiary/aromatic N) is 1. The molecule has 0 aliphatic heterocycles. The first-order valence-electron chi connectivity index (χ1n) is 3.01. The van der Waals surface area contributed by atoms with Crippen molar-refractivity contribution in [2.24, 2.45) is 4.99 Å². The van der Waals surface area contributed by atoms with Crippen molar-refractivity contribution >= 4 is 23.8 Å². The highest BCUT2D eigenvalue weighted by Crippen LogP contribution is 2.03. The van der Waals surface area contributed by atoms with Gasteiger partial charge in [0.2, 0.25) is 6.08 Å². The van der Waals surface area contributed by atoms with E-state index in [9.17, 15) is 9.59 Å². The first kappa shape index (κ1) is 10.2. The molecule has 0 aliphatic rings. The smallest absolute Gasteiger partial charge is 0.329 e. The number of rotatable bonds is 5. The van der Waals surface area contributed by atoms with Gasteiger partial charge in [0.25, 0.3) is 0 Å². The minimum Gasteiger partial charge on any atom is -0.480 e. The van der Waals surface area contributed by atoms with Crippen LogP contribution in [0.5, 0.6) is 0 Å². The zero-order valence-electron chi connectivity index (χ0n) is 6.11. The van der Waals surface area contributed by atoms with Crippen molar-refractivity contribution in [1.29, 1.82) is 0 Å². The molecule has 11 heavy (non-hydrogen) atoms. The van der Waals surface area contributed by atoms with E-state index in [-0.39, 0.29) is 0 Å². The van der Waals surface area contributed by atoms with E-state index in [1.54, 1.807) is 0 Å². The predicted molar refractivity (Wildman–Crippen MR) is 42.5 cm³/mol. The van der Waals surface area contributed by atoms with Crippen LogP contribution in [0.2, 0.25) is 0 Å². The molecule has 0 saturated heterocycles. The molecule has 0 aromatic heterocycles. The van der Waals surface area contributed by atoms with Gasteiger partial charge in [-0.25, -0.2) is 9.59 Å². The summed E-state index contributed by atoms with van der Waals surface area (Å²) in [6.07, 6.45) is 3.49. The SMILES string of the molecule is CSCC[C@@H](N=C=O)C(=O)O. The zero-order valence-corrected chi connectivity index (χ0v) is 6.93.